The van der Waals surface area contributed by atoms with Gasteiger partial charge in [0.05, 0.1) is 12.2 Å². The summed E-state index contributed by atoms with van der Waals surface area (Å²) in [6.45, 7) is 0.162. The van der Waals surface area contributed by atoms with Crippen LogP contribution in [0.4, 0.5) is 4.39 Å². The van der Waals surface area contributed by atoms with E-state index in [-0.39, 0.29) is 30.1 Å². The average molecular weight is 369 g/mol. The van der Waals surface area contributed by atoms with Crippen LogP contribution in [0.2, 0.25) is 0 Å². The molecule has 7 heteroatoms. The van der Waals surface area contributed by atoms with E-state index in [0.717, 1.165) is 24.8 Å². The number of rotatable bonds is 5. The Hall–Kier alpha value is -3.09. The molecular weight excluding hydrogens is 349 g/mol. The van der Waals surface area contributed by atoms with Gasteiger partial charge in [0.2, 0.25) is 0 Å². The Balaban J connectivity index is 1.38. The van der Waals surface area contributed by atoms with Gasteiger partial charge in [-0.25, -0.2) is 4.39 Å². The molecule has 1 aliphatic rings. The third-order valence-electron chi connectivity index (χ3n) is 4.76. The fraction of sp³-hybridized carbons (Fsp3) is 0.300. The number of aryl methyl sites for hydroxylation is 1. The number of nitrogens with one attached hydrogen (secondary N) is 1. The van der Waals surface area contributed by atoms with Gasteiger partial charge in [0.15, 0.2) is 5.76 Å². The van der Waals surface area contributed by atoms with Gasteiger partial charge in [0, 0.05) is 18.3 Å². The van der Waals surface area contributed by atoms with Crippen LogP contribution in [0.25, 0.3) is 0 Å². The Morgan fingerprint density at radius 3 is 2.96 bits per heavy atom. The number of ether oxygens (including phenoxy) is 1. The van der Waals surface area contributed by atoms with Gasteiger partial charge in [0.25, 0.3) is 5.91 Å². The summed E-state index contributed by atoms with van der Waals surface area (Å²) in [5.74, 6) is 0.715. The summed E-state index contributed by atoms with van der Waals surface area (Å²) in [5.41, 5.74) is 2.24. The van der Waals surface area contributed by atoms with Crippen LogP contribution in [0, 0.1) is 5.82 Å². The number of amides is 1. The number of carbonyl (C=O) groups excluding carboxylic acids is 1. The highest BCUT2D eigenvalue weighted by molar-refractivity contribution is 5.91. The van der Waals surface area contributed by atoms with Crippen molar-refractivity contribution in [3.63, 3.8) is 0 Å². The minimum Gasteiger partial charge on any atom is -0.486 e. The number of aromatic nitrogens is 2. The van der Waals surface area contributed by atoms with Gasteiger partial charge in [0.1, 0.15) is 23.9 Å². The number of furan rings is 1. The van der Waals surface area contributed by atoms with E-state index in [4.69, 9.17) is 9.15 Å². The lowest BCUT2D eigenvalue weighted by Crippen LogP contribution is -2.30. The fourth-order valence-electron chi connectivity index (χ4n) is 3.35. The average Bonchev–Trinajstić information content (AvgIpc) is 3.29. The van der Waals surface area contributed by atoms with Crippen LogP contribution in [0.5, 0.6) is 5.75 Å². The van der Waals surface area contributed by atoms with Crippen molar-refractivity contribution in [1.82, 2.24) is 15.1 Å². The van der Waals surface area contributed by atoms with Crippen LogP contribution >= 0.6 is 0 Å². The highest BCUT2D eigenvalue weighted by atomic mass is 19.1. The lowest BCUT2D eigenvalue weighted by molar-refractivity contribution is 0.0900. The molecule has 0 aliphatic heterocycles. The highest BCUT2D eigenvalue weighted by Gasteiger charge is 2.26. The standard InChI is InChI=1S/C20H20FN3O3/c1-24-18-4-2-3-17(16(18)11-22-24)23-20(25)19-10-9-15(27-19)12-26-14-7-5-13(21)6-8-14/h5-11,17H,2-4,12H2,1H3,(H,23,25). The van der Waals surface area contributed by atoms with Crippen molar-refractivity contribution in [3.8, 4) is 5.75 Å². The lowest BCUT2D eigenvalue weighted by Gasteiger charge is -2.23. The molecule has 4 rings (SSSR count). The first-order chi connectivity index (χ1) is 13.1. The van der Waals surface area contributed by atoms with Crippen molar-refractivity contribution < 1.29 is 18.3 Å². The topological polar surface area (TPSA) is 69.3 Å². The van der Waals surface area contributed by atoms with E-state index >= 15 is 0 Å². The normalized spacial score (nSPS) is 16.0. The molecule has 0 bridgehead atoms. The number of hydrogen-bond donors (Lipinski definition) is 1. The van der Waals surface area contributed by atoms with Crippen LogP contribution in [-0.4, -0.2) is 15.7 Å². The Bertz CT molecular complexity index is 946. The minimum atomic E-state index is -0.321. The van der Waals surface area contributed by atoms with Gasteiger partial charge in [-0.1, -0.05) is 0 Å². The number of nitrogens with zero attached hydrogens (tertiary/aromatic N) is 2. The minimum absolute atomic E-state index is 0.0565. The molecule has 1 unspecified atom stereocenters. The molecular formula is C20H20FN3O3. The van der Waals surface area contributed by atoms with Gasteiger partial charge in [-0.2, -0.15) is 5.10 Å². The fourth-order valence-corrected chi connectivity index (χ4v) is 3.35. The molecule has 3 aromatic rings. The van der Waals surface area contributed by atoms with Crippen LogP contribution in [0.3, 0.4) is 0 Å². The molecule has 6 nitrogen and oxygen atoms in total. The first kappa shape index (κ1) is 17.3. The molecule has 0 radical (unpaired) electrons. The maximum atomic E-state index is 12.9. The smallest absolute Gasteiger partial charge is 0.287 e. The van der Waals surface area contributed by atoms with Crippen molar-refractivity contribution in [3.05, 3.63) is 71.2 Å². The summed E-state index contributed by atoms with van der Waals surface area (Å²) < 4.78 is 25.9. The van der Waals surface area contributed by atoms with E-state index in [9.17, 15) is 9.18 Å². The molecule has 0 fully saturated rings. The van der Waals surface area contributed by atoms with Gasteiger partial charge >= 0.3 is 0 Å². The molecule has 1 amide bonds. The van der Waals surface area contributed by atoms with Gasteiger partial charge in [-0.05, 0) is 55.7 Å². The summed E-state index contributed by atoms with van der Waals surface area (Å²) in [4.78, 5) is 12.5. The second-order valence-electron chi connectivity index (χ2n) is 6.60. The molecule has 0 saturated carbocycles. The lowest BCUT2D eigenvalue weighted by atomic mass is 9.93. The molecule has 1 atom stereocenters. The third kappa shape index (κ3) is 3.72. The van der Waals surface area contributed by atoms with E-state index < -0.39 is 0 Å². The SMILES string of the molecule is Cn1ncc2c1CCCC2NC(=O)c1ccc(COc2ccc(F)cc2)o1. The summed E-state index contributed by atoms with van der Waals surface area (Å²) in [6.07, 6.45) is 4.69. The summed E-state index contributed by atoms with van der Waals surface area (Å²) in [6, 6.07) is 9.01. The number of benzene rings is 1. The Morgan fingerprint density at radius 2 is 2.15 bits per heavy atom. The van der Waals surface area contributed by atoms with Crippen LogP contribution in [0.15, 0.2) is 47.0 Å². The van der Waals surface area contributed by atoms with Gasteiger partial charge < -0.3 is 14.5 Å². The number of halogens is 1. The Morgan fingerprint density at radius 1 is 1.33 bits per heavy atom. The van der Waals surface area contributed by atoms with E-state index in [1.54, 1.807) is 24.3 Å². The Labute approximate surface area is 155 Å². The zero-order chi connectivity index (χ0) is 18.8. The van der Waals surface area contributed by atoms with Crippen molar-refractivity contribution in [2.24, 2.45) is 7.05 Å². The van der Waals surface area contributed by atoms with E-state index in [1.807, 2.05) is 17.9 Å². The molecule has 1 aromatic carbocycles. The van der Waals surface area contributed by atoms with Crippen molar-refractivity contribution in [2.45, 2.75) is 31.9 Å². The van der Waals surface area contributed by atoms with Crippen molar-refractivity contribution >= 4 is 5.91 Å². The highest BCUT2D eigenvalue weighted by Crippen LogP contribution is 2.29. The zero-order valence-corrected chi connectivity index (χ0v) is 14.9. The first-order valence-electron chi connectivity index (χ1n) is 8.89. The largest absolute Gasteiger partial charge is 0.486 e. The second-order valence-corrected chi connectivity index (χ2v) is 6.60. The monoisotopic (exact) mass is 369 g/mol. The predicted octanol–water partition coefficient (Wildman–Crippen LogP) is 3.54. The van der Waals surface area contributed by atoms with Gasteiger partial charge in [-0.3, -0.25) is 9.48 Å². The second kappa shape index (κ2) is 7.26. The van der Waals surface area contributed by atoms with Crippen LogP contribution in [-0.2, 0) is 20.1 Å². The molecule has 140 valence electrons. The van der Waals surface area contributed by atoms with Gasteiger partial charge in [-0.15, -0.1) is 0 Å². The predicted molar refractivity (Wildman–Crippen MR) is 95.8 cm³/mol. The van der Waals surface area contributed by atoms with Crippen LogP contribution < -0.4 is 10.1 Å². The summed E-state index contributed by atoms with van der Waals surface area (Å²) >= 11 is 0. The molecule has 2 heterocycles. The molecule has 1 aliphatic carbocycles. The summed E-state index contributed by atoms with van der Waals surface area (Å²) in [7, 11) is 1.92. The van der Waals surface area contributed by atoms with E-state index in [2.05, 4.69) is 10.4 Å². The van der Waals surface area contributed by atoms with E-state index in [0.29, 0.717) is 11.5 Å². The number of hydrogen-bond acceptors (Lipinski definition) is 4. The maximum absolute atomic E-state index is 12.9. The van der Waals surface area contributed by atoms with Crippen molar-refractivity contribution in [1.29, 1.82) is 0 Å². The molecule has 1 N–H and O–H groups in total. The first-order valence-corrected chi connectivity index (χ1v) is 8.89. The van der Waals surface area contributed by atoms with Crippen LogP contribution in [0.1, 0.15) is 46.5 Å². The zero-order valence-electron chi connectivity index (χ0n) is 14.9. The molecule has 2 aromatic heterocycles. The number of fused-ring (bicyclic) bond motifs is 1. The van der Waals surface area contributed by atoms with E-state index in [1.165, 1.54) is 17.8 Å². The summed E-state index contributed by atoms with van der Waals surface area (Å²) in [5, 5.41) is 7.32. The molecule has 27 heavy (non-hydrogen) atoms. The Kier molecular flexibility index (Phi) is 4.66. The number of carbonyl (C=O) groups is 1. The molecule has 0 saturated heterocycles. The van der Waals surface area contributed by atoms with Crippen molar-refractivity contribution in [2.75, 3.05) is 0 Å². The quantitative estimate of drug-likeness (QED) is 0.747. The third-order valence-corrected chi connectivity index (χ3v) is 4.76. The maximum Gasteiger partial charge on any atom is 0.287 e. The molecule has 0 spiro atoms.